The molecule has 0 saturated carbocycles. The minimum Gasteiger partial charge on any atom is -0.438 e. The van der Waals surface area contributed by atoms with E-state index in [2.05, 4.69) is 10.1 Å². The fourth-order valence-electron chi connectivity index (χ4n) is 4.12. The number of phosphoric acid groups is 1. The first-order chi connectivity index (χ1) is 18.8. The van der Waals surface area contributed by atoms with Gasteiger partial charge in [-0.15, -0.1) is 0 Å². The molecular formula is C25H30N5O9P. The van der Waals surface area contributed by atoms with Crippen LogP contribution in [0.1, 0.15) is 39.0 Å². The van der Waals surface area contributed by atoms with Crippen LogP contribution in [-0.2, 0) is 38.9 Å². The number of aromatic nitrogens is 3. The number of ether oxygens (including phenoxy) is 2. The Morgan fingerprint density at radius 3 is 2.55 bits per heavy atom. The molecule has 0 spiro atoms. The third kappa shape index (κ3) is 5.80. The molecule has 14 nitrogen and oxygen atoms in total. The number of aliphatic hydroxyl groups is 2. The Kier molecular flexibility index (Phi) is 8.18. The molecule has 1 aliphatic heterocycles. The molecule has 4 N–H and O–H groups in total. The van der Waals surface area contributed by atoms with Gasteiger partial charge in [0.1, 0.15) is 42.0 Å². The highest BCUT2D eigenvalue weighted by atomic mass is 31.2. The summed E-state index contributed by atoms with van der Waals surface area (Å²) >= 11 is 0. The van der Waals surface area contributed by atoms with Crippen molar-refractivity contribution in [2.75, 3.05) is 19.1 Å². The van der Waals surface area contributed by atoms with Crippen molar-refractivity contribution in [2.24, 2.45) is 0 Å². The molecule has 1 aliphatic rings. The number of nitrogens with two attached hydrogens (primary N) is 1. The van der Waals surface area contributed by atoms with E-state index < -0.39 is 51.1 Å². The van der Waals surface area contributed by atoms with Crippen molar-refractivity contribution in [1.82, 2.24) is 14.6 Å². The highest BCUT2D eigenvalue weighted by molar-refractivity contribution is 7.48. The highest BCUT2D eigenvalue weighted by Crippen LogP contribution is 2.51. The zero-order valence-corrected chi connectivity index (χ0v) is 23.1. The van der Waals surface area contributed by atoms with Gasteiger partial charge in [0.15, 0.2) is 5.82 Å². The Morgan fingerprint density at radius 2 is 1.93 bits per heavy atom. The van der Waals surface area contributed by atoms with E-state index in [1.807, 2.05) is 26.8 Å². The maximum atomic E-state index is 13.5. The number of anilines is 1. The van der Waals surface area contributed by atoms with Gasteiger partial charge < -0.3 is 29.9 Å². The van der Waals surface area contributed by atoms with Gasteiger partial charge >= 0.3 is 13.8 Å². The molecule has 1 unspecified atom stereocenters. The Bertz CT molecular complexity index is 1470. The molecule has 2 aromatic heterocycles. The van der Waals surface area contributed by atoms with Crippen LogP contribution < -0.4 is 10.3 Å². The topological polar surface area (TPSA) is 201 Å². The average Bonchev–Trinajstić information content (AvgIpc) is 3.43. The smallest absolute Gasteiger partial charge is 0.438 e. The summed E-state index contributed by atoms with van der Waals surface area (Å²) in [6.07, 6.45) is -3.61. The first-order valence-electron chi connectivity index (χ1n) is 12.2. The zero-order valence-electron chi connectivity index (χ0n) is 22.3. The van der Waals surface area contributed by atoms with Crippen LogP contribution in [-0.4, -0.2) is 62.5 Å². The molecule has 40 heavy (non-hydrogen) atoms. The van der Waals surface area contributed by atoms with Crippen molar-refractivity contribution in [3.05, 3.63) is 54.0 Å². The first kappa shape index (κ1) is 29.4. The number of hydrogen-bond acceptors (Lipinski definition) is 13. The third-order valence-electron chi connectivity index (χ3n) is 6.29. The van der Waals surface area contributed by atoms with E-state index in [0.717, 1.165) is 18.8 Å². The molecule has 0 aliphatic carbocycles. The summed E-state index contributed by atoms with van der Waals surface area (Å²) in [7, 11) is -4.48. The summed E-state index contributed by atoms with van der Waals surface area (Å²) in [5, 5.41) is 35.8. The summed E-state index contributed by atoms with van der Waals surface area (Å²) in [5.41, 5.74) is 5.07. The third-order valence-corrected chi connectivity index (χ3v) is 7.62. The second kappa shape index (κ2) is 11.1. The molecule has 1 aromatic carbocycles. The van der Waals surface area contributed by atoms with Crippen molar-refractivity contribution in [1.29, 1.82) is 5.26 Å². The van der Waals surface area contributed by atoms with Crippen LogP contribution in [0.15, 0.2) is 42.7 Å². The largest absolute Gasteiger partial charge is 0.533 e. The Hall–Kier alpha value is -3.57. The Morgan fingerprint density at radius 1 is 1.23 bits per heavy atom. The average molecular weight is 576 g/mol. The molecule has 5 atom stereocenters. The second-order valence-corrected chi connectivity index (χ2v) is 11.7. The van der Waals surface area contributed by atoms with Crippen LogP contribution in [0, 0.1) is 11.3 Å². The van der Waals surface area contributed by atoms with Crippen LogP contribution in [0.5, 0.6) is 5.75 Å². The van der Waals surface area contributed by atoms with Gasteiger partial charge in [0.05, 0.1) is 12.3 Å². The summed E-state index contributed by atoms with van der Waals surface area (Å²) in [5.74, 6) is -0.433. The minimum atomic E-state index is -4.48. The Labute approximate surface area is 229 Å². The van der Waals surface area contributed by atoms with E-state index in [1.54, 1.807) is 24.3 Å². The predicted molar refractivity (Wildman–Crippen MR) is 139 cm³/mol. The lowest BCUT2D eigenvalue weighted by atomic mass is 9.87. The van der Waals surface area contributed by atoms with Gasteiger partial charge in [-0.2, -0.15) is 10.4 Å². The van der Waals surface area contributed by atoms with Gasteiger partial charge in [-0.05, 0) is 35.2 Å². The van der Waals surface area contributed by atoms with Crippen molar-refractivity contribution in [3.63, 3.8) is 0 Å². The molecule has 4 rings (SSSR count). The molecular weight excluding hydrogens is 545 g/mol. The minimum absolute atomic E-state index is 0.0811. The number of carbonyl (C=O) groups excluding carboxylic acids is 1. The number of rotatable bonds is 9. The quantitative estimate of drug-likeness (QED) is 0.191. The summed E-state index contributed by atoms with van der Waals surface area (Å²) in [4.78, 5) is 15.1. The highest BCUT2D eigenvalue weighted by Gasteiger charge is 2.58. The number of benzene rings is 1. The lowest BCUT2D eigenvalue weighted by Crippen LogP contribution is -2.41. The molecule has 0 radical (unpaired) electrons. The van der Waals surface area contributed by atoms with Crippen LogP contribution in [0.2, 0.25) is 0 Å². The normalized spacial score (nSPS) is 24.4. The standard InChI is InChI=1S/C25H30N5O9P/c1-15(31)35-14-37-40(34,39-17-7-5-16(6-8-17)24(2,3)4)36-11-19-21(32)22(33)25(12-26,38-19)20-10-9-18-23(27)28-13-29-30(18)20/h5-10,13,19,21-22,32-33H,11,14H2,1-4H3,(H2,27,28,29)/t19-,21-,22-,25+,40?/m1/s1. The maximum Gasteiger partial charge on any atom is 0.533 e. The number of fused-ring (bicyclic) bond motifs is 1. The van der Waals surface area contributed by atoms with E-state index in [1.165, 1.54) is 16.6 Å². The van der Waals surface area contributed by atoms with Gasteiger partial charge in [0.25, 0.3) is 0 Å². The number of nitrogen functional groups attached to an aromatic ring is 1. The molecule has 3 aromatic rings. The number of esters is 1. The summed E-state index contributed by atoms with van der Waals surface area (Å²) in [6, 6.07) is 11.6. The first-order valence-corrected chi connectivity index (χ1v) is 13.6. The van der Waals surface area contributed by atoms with Crippen LogP contribution in [0.25, 0.3) is 5.52 Å². The predicted octanol–water partition coefficient (Wildman–Crippen LogP) is 2.19. The molecule has 214 valence electrons. The van der Waals surface area contributed by atoms with Crippen LogP contribution in [0.3, 0.4) is 0 Å². The molecule has 1 saturated heterocycles. The van der Waals surface area contributed by atoms with Crippen LogP contribution in [0.4, 0.5) is 5.82 Å². The monoisotopic (exact) mass is 575 g/mol. The number of aliphatic hydroxyl groups excluding tert-OH is 2. The number of nitrogens with zero attached hydrogens (tertiary/aromatic N) is 4. The van der Waals surface area contributed by atoms with E-state index in [4.69, 9.17) is 28.8 Å². The van der Waals surface area contributed by atoms with E-state index in [9.17, 15) is 24.8 Å². The van der Waals surface area contributed by atoms with Gasteiger partial charge in [0.2, 0.25) is 12.4 Å². The number of nitriles is 1. The summed E-state index contributed by atoms with van der Waals surface area (Å²) in [6.45, 7) is 5.83. The summed E-state index contributed by atoms with van der Waals surface area (Å²) < 4.78 is 41.4. The number of hydrogen-bond donors (Lipinski definition) is 3. The van der Waals surface area contributed by atoms with Gasteiger partial charge in [-0.3, -0.25) is 9.32 Å². The Balaban J connectivity index is 1.55. The van der Waals surface area contributed by atoms with Gasteiger partial charge in [-0.25, -0.2) is 18.6 Å². The van der Waals surface area contributed by atoms with Gasteiger partial charge in [-0.1, -0.05) is 32.9 Å². The molecule has 3 heterocycles. The lowest BCUT2D eigenvalue weighted by Gasteiger charge is -2.24. The number of phosphoric ester groups is 1. The molecule has 0 bridgehead atoms. The van der Waals surface area contributed by atoms with E-state index in [-0.39, 0.29) is 22.7 Å². The van der Waals surface area contributed by atoms with Crippen molar-refractivity contribution in [2.45, 2.75) is 57.0 Å². The van der Waals surface area contributed by atoms with E-state index >= 15 is 0 Å². The van der Waals surface area contributed by atoms with Gasteiger partial charge in [0, 0.05) is 6.92 Å². The van der Waals surface area contributed by atoms with Crippen LogP contribution >= 0.6 is 7.82 Å². The lowest BCUT2D eigenvalue weighted by molar-refractivity contribution is -0.148. The SMILES string of the molecule is CC(=O)OCOP(=O)(OC[C@H]1O[C@@](C#N)(c2ccc3c(N)ncnn23)[C@H](O)[C@@H]1O)Oc1ccc(C(C)(C)C)cc1. The second-order valence-electron chi connectivity index (χ2n) is 10.1. The fraction of sp³-hybridized carbons (Fsp3) is 0.440. The fourth-order valence-corrected chi connectivity index (χ4v) is 5.19. The van der Waals surface area contributed by atoms with Crippen molar-refractivity contribution >= 4 is 25.1 Å². The molecule has 0 amide bonds. The molecule has 1 fully saturated rings. The van der Waals surface area contributed by atoms with Crippen molar-refractivity contribution < 1.29 is 42.6 Å². The molecule has 15 heteroatoms. The zero-order chi connectivity index (χ0) is 29.3. The maximum absolute atomic E-state index is 13.5. The van der Waals surface area contributed by atoms with Crippen molar-refractivity contribution in [3.8, 4) is 11.8 Å². The number of carbonyl (C=O) groups is 1. The van der Waals surface area contributed by atoms with E-state index in [0.29, 0.717) is 5.52 Å².